The zero-order valence-corrected chi connectivity index (χ0v) is 17.6. The predicted octanol–water partition coefficient (Wildman–Crippen LogP) is 6.74. The minimum absolute atomic E-state index is 0.00957. The normalized spacial score (nSPS) is 12.1. The first-order valence-electron chi connectivity index (χ1n) is 9.84. The molecule has 1 N–H and O–H groups in total. The van der Waals surface area contributed by atoms with Crippen LogP contribution in [-0.4, -0.2) is 18.1 Å². The lowest BCUT2D eigenvalue weighted by Crippen LogP contribution is -2.17. The summed E-state index contributed by atoms with van der Waals surface area (Å²) in [5, 5.41) is 11.3. The van der Waals surface area contributed by atoms with Gasteiger partial charge >= 0.3 is 18.6 Å². The zero-order chi connectivity index (χ0) is 25.6. The third-order valence-electron chi connectivity index (χ3n) is 4.55. The second kappa shape index (κ2) is 10.3. The van der Waals surface area contributed by atoms with Crippen molar-refractivity contribution in [3.63, 3.8) is 0 Å². The molecule has 0 saturated carbocycles. The van der Waals surface area contributed by atoms with Crippen molar-refractivity contribution in [3.05, 3.63) is 95.1 Å². The molecule has 0 heterocycles. The minimum Gasteiger partial charge on any atom is -0.406 e. The number of nitrogens with one attached hydrogen (secondary N) is 1. The molecular weight excluding hydrogens is 476 g/mol. The highest BCUT2D eigenvalue weighted by molar-refractivity contribution is 6.09. The van der Waals surface area contributed by atoms with Gasteiger partial charge in [0.15, 0.2) is 0 Å². The van der Waals surface area contributed by atoms with Crippen molar-refractivity contribution in [3.8, 4) is 11.8 Å². The molecule has 0 aliphatic rings. The number of anilines is 1. The van der Waals surface area contributed by atoms with E-state index < -0.39 is 29.9 Å². The Morgan fingerprint density at radius 1 is 0.943 bits per heavy atom. The van der Waals surface area contributed by atoms with E-state index in [1.54, 1.807) is 12.1 Å². The van der Waals surface area contributed by atoms with Gasteiger partial charge in [-0.05, 0) is 59.7 Å². The van der Waals surface area contributed by atoms with Crippen molar-refractivity contribution in [2.75, 3.05) is 5.32 Å². The Hall–Kier alpha value is -4.33. The summed E-state index contributed by atoms with van der Waals surface area (Å²) in [5.41, 5.74) is 0.186. The van der Waals surface area contributed by atoms with Crippen LogP contribution in [0.1, 0.15) is 22.3 Å². The van der Waals surface area contributed by atoms with Crippen molar-refractivity contribution >= 4 is 17.4 Å². The molecule has 3 aromatic carbocycles. The van der Waals surface area contributed by atoms with Crippen LogP contribution < -0.4 is 10.1 Å². The molecule has 0 spiro atoms. The Morgan fingerprint density at radius 3 is 2.17 bits per heavy atom. The van der Waals surface area contributed by atoms with Gasteiger partial charge < -0.3 is 10.1 Å². The van der Waals surface area contributed by atoms with Gasteiger partial charge in [-0.15, -0.1) is 13.2 Å². The summed E-state index contributed by atoms with van der Waals surface area (Å²) in [6.45, 7) is 0. The smallest absolute Gasteiger partial charge is 0.406 e. The number of aliphatic imine (C=N–C) groups is 1. The number of hydrogen-bond donors (Lipinski definition) is 1. The lowest BCUT2D eigenvalue weighted by atomic mass is 9.99. The van der Waals surface area contributed by atoms with Gasteiger partial charge in [0.05, 0.1) is 22.9 Å². The van der Waals surface area contributed by atoms with Crippen LogP contribution in [0, 0.1) is 11.3 Å². The van der Waals surface area contributed by atoms with E-state index in [9.17, 15) is 31.1 Å². The molecule has 5 nitrogen and oxygen atoms in total. The zero-order valence-electron chi connectivity index (χ0n) is 17.6. The first-order valence-corrected chi connectivity index (χ1v) is 9.84. The van der Waals surface area contributed by atoms with Crippen LogP contribution in [0.25, 0.3) is 0 Å². The SMILES string of the molecule is N#Cc1ccc(C/C(=N/C(=O)Nc2ccc(OC(F)(F)F)cc2)c2cccc(C(F)(F)F)c2)cc1. The summed E-state index contributed by atoms with van der Waals surface area (Å²) in [6.07, 6.45) is -9.52. The maximum atomic E-state index is 13.2. The average Bonchev–Trinajstić information content (AvgIpc) is 2.79. The molecule has 35 heavy (non-hydrogen) atoms. The summed E-state index contributed by atoms with van der Waals surface area (Å²) in [4.78, 5) is 16.4. The summed E-state index contributed by atoms with van der Waals surface area (Å²) in [6, 6.07) is 15.8. The number of halogens is 6. The second-order valence-electron chi connectivity index (χ2n) is 7.12. The fourth-order valence-corrected chi connectivity index (χ4v) is 2.99. The van der Waals surface area contributed by atoms with Gasteiger partial charge in [0.1, 0.15) is 5.75 Å². The topological polar surface area (TPSA) is 74.5 Å². The molecule has 0 atom stereocenters. The standard InChI is InChI=1S/C24H15F6N3O2/c25-23(26,27)18-3-1-2-17(13-18)21(12-15-4-6-16(14-31)7-5-15)33-22(34)32-19-8-10-20(11-9-19)35-24(28,29)30/h1-11,13H,12H2,(H,32,34)/b33-21-. The van der Waals surface area contributed by atoms with Gasteiger partial charge in [0, 0.05) is 12.1 Å². The summed E-state index contributed by atoms with van der Waals surface area (Å²) < 4.78 is 80.2. The van der Waals surface area contributed by atoms with Gasteiger partial charge in [-0.1, -0.05) is 24.3 Å². The van der Waals surface area contributed by atoms with Crippen LogP contribution in [0.15, 0.2) is 77.8 Å². The number of benzene rings is 3. The predicted molar refractivity (Wildman–Crippen MR) is 115 cm³/mol. The molecule has 0 aromatic heterocycles. The third kappa shape index (κ3) is 7.60. The first-order chi connectivity index (χ1) is 16.4. The van der Waals surface area contributed by atoms with Crippen molar-refractivity contribution in [1.82, 2.24) is 0 Å². The van der Waals surface area contributed by atoms with E-state index in [1.807, 2.05) is 6.07 Å². The maximum absolute atomic E-state index is 13.2. The molecule has 0 saturated heterocycles. The number of rotatable bonds is 5. The Bertz CT molecular complexity index is 1260. The molecule has 180 valence electrons. The minimum atomic E-state index is -4.87. The number of urea groups is 1. The van der Waals surface area contributed by atoms with E-state index in [-0.39, 0.29) is 23.4 Å². The molecule has 0 fully saturated rings. The molecule has 2 amide bonds. The highest BCUT2D eigenvalue weighted by Gasteiger charge is 2.31. The Morgan fingerprint density at radius 2 is 1.60 bits per heavy atom. The largest absolute Gasteiger partial charge is 0.573 e. The van der Waals surface area contributed by atoms with Gasteiger partial charge in [0.2, 0.25) is 0 Å². The Kier molecular flexibility index (Phi) is 7.44. The fourth-order valence-electron chi connectivity index (χ4n) is 2.99. The number of nitrogens with zero attached hydrogens (tertiary/aromatic N) is 2. The van der Waals surface area contributed by atoms with Crippen LogP contribution in [-0.2, 0) is 12.6 Å². The lowest BCUT2D eigenvalue weighted by molar-refractivity contribution is -0.274. The van der Waals surface area contributed by atoms with Gasteiger partial charge in [-0.2, -0.15) is 23.4 Å². The molecule has 0 aliphatic heterocycles. The van der Waals surface area contributed by atoms with Gasteiger partial charge in [-0.3, -0.25) is 0 Å². The number of carbonyl (C=O) groups is 1. The highest BCUT2D eigenvalue weighted by atomic mass is 19.4. The lowest BCUT2D eigenvalue weighted by Gasteiger charge is -2.12. The number of ether oxygens (including phenoxy) is 1. The summed E-state index contributed by atoms with van der Waals surface area (Å²) in [5.74, 6) is -0.496. The van der Waals surface area contributed by atoms with Crippen LogP contribution in [0.5, 0.6) is 5.75 Å². The quantitative estimate of drug-likeness (QED) is 0.317. The number of alkyl halides is 6. The van der Waals surface area contributed by atoms with Gasteiger partial charge in [0.25, 0.3) is 0 Å². The van der Waals surface area contributed by atoms with E-state index in [1.165, 1.54) is 24.3 Å². The van der Waals surface area contributed by atoms with Gasteiger partial charge in [-0.25, -0.2) is 4.79 Å². The van der Waals surface area contributed by atoms with Crippen molar-refractivity contribution in [2.24, 2.45) is 4.99 Å². The monoisotopic (exact) mass is 491 g/mol. The number of nitriles is 1. The number of carbonyl (C=O) groups excluding carboxylic acids is 1. The van der Waals surface area contributed by atoms with E-state index >= 15 is 0 Å². The Balaban J connectivity index is 1.88. The van der Waals surface area contributed by atoms with E-state index in [0.717, 1.165) is 36.4 Å². The molecule has 0 bridgehead atoms. The molecule has 11 heteroatoms. The maximum Gasteiger partial charge on any atom is 0.573 e. The average molecular weight is 491 g/mol. The van der Waals surface area contributed by atoms with Crippen LogP contribution in [0.2, 0.25) is 0 Å². The molecular formula is C24H15F6N3O2. The molecule has 0 unspecified atom stereocenters. The molecule has 3 rings (SSSR count). The van der Waals surface area contributed by atoms with E-state index in [4.69, 9.17) is 5.26 Å². The van der Waals surface area contributed by atoms with Crippen molar-refractivity contribution in [2.45, 2.75) is 19.0 Å². The van der Waals surface area contributed by atoms with E-state index in [0.29, 0.717) is 11.1 Å². The molecule has 3 aromatic rings. The number of amides is 2. The second-order valence-corrected chi connectivity index (χ2v) is 7.12. The van der Waals surface area contributed by atoms with Crippen molar-refractivity contribution < 1.29 is 35.9 Å². The first kappa shape index (κ1) is 25.3. The molecule has 0 radical (unpaired) electrons. The van der Waals surface area contributed by atoms with Crippen molar-refractivity contribution in [1.29, 1.82) is 5.26 Å². The van der Waals surface area contributed by atoms with Crippen LogP contribution in [0.4, 0.5) is 36.8 Å². The fraction of sp³-hybridized carbons (Fsp3) is 0.125. The summed E-state index contributed by atoms with van der Waals surface area (Å²) in [7, 11) is 0. The molecule has 0 aliphatic carbocycles. The van der Waals surface area contributed by atoms with Crippen LogP contribution in [0.3, 0.4) is 0 Å². The Labute approximate surface area is 195 Å². The van der Waals surface area contributed by atoms with Crippen LogP contribution >= 0.6 is 0 Å². The third-order valence-corrected chi connectivity index (χ3v) is 4.55. The summed E-state index contributed by atoms with van der Waals surface area (Å²) >= 11 is 0. The number of hydrogen-bond acceptors (Lipinski definition) is 3. The van der Waals surface area contributed by atoms with E-state index in [2.05, 4.69) is 15.0 Å². The highest BCUT2D eigenvalue weighted by Crippen LogP contribution is 2.30.